The summed E-state index contributed by atoms with van der Waals surface area (Å²) in [6.45, 7) is 0. The lowest BCUT2D eigenvalue weighted by Crippen LogP contribution is -1.94. The summed E-state index contributed by atoms with van der Waals surface area (Å²) < 4.78 is 14.7. The molecule has 47 heavy (non-hydrogen) atoms. The van der Waals surface area contributed by atoms with Crippen molar-refractivity contribution in [3.8, 4) is 39.7 Å². The van der Waals surface area contributed by atoms with Crippen LogP contribution in [0.4, 0.5) is 0 Å². The summed E-state index contributed by atoms with van der Waals surface area (Å²) in [5.74, 6) is 1.20. The normalized spacial score (nSPS) is 11.8. The van der Waals surface area contributed by atoms with Crippen molar-refractivity contribution in [1.82, 2.24) is 14.5 Å². The van der Waals surface area contributed by atoms with Crippen LogP contribution in [0.1, 0.15) is 0 Å². The Kier molecular flexibility index (Phi) is 5.51. The van der Waals surface area contributed by atoms with Crippen molar-refractivity contribution in [2.45, 2.75) is 0 Å². The number of rotatable bonds is 4. The highest BCUT2D eigenvalue weighted by atomic mass is 16.4. The molecule has 0 saturated carbocycles. The van der Waals surface area contributed by atoms with Gasteiger partial charge in [0.1, 0.15) is 11.0 Å². The second-order valence-electron chi connectivity index (χ2n) is 11.8. The molecule has 0 bridgehead atoms. The molecule has 3 heterocycles. The molecule has 0 fully saturated rings. The number of nitrogens with zero attached hydrogens (tertiary/aromatic N) is 3. The maximum atomic E-state index is 6.19. The van der Waals surface area contributed by atoms with Gasteiger partial charge in [-0.15, -0.1) is 0 Å². The van der Waals surface area contributed by atoms with Gasteiger partial charge in [0.2, 0.25) is 11.8 Å². The van der Waals surface area contributed by atoms with Crippen molar-refractivity contribution >= 4 is 54.8 Å². The molecular weight excluding hydrogens is 578 g/mol. The molecule has 7 aromatic carbocycles. The zero-order valence-corrected chi connectivity index (χ0v) is 25.1. The molecule has 5 heteroatoms. The lowest BCUT2D eigenvalue weighted by molar-refractivity contribution is 0.619. The average Bonchev–Trinajstić information content (AvgIpc) is 3.85. The molecule has 10 aromatic rings. The summed E-state index contributed by atoms with van der Waals surface area (Å²) in [5.41, 5.74) is 10.7. The van der Waals surface area contributed by atoms with Gasteiger partial charge in [-0.1, -0.05) is 78.9 Å². The topological polar surface area (TPSA) is 57.0 Å². The van der Waals surface area contributed by atoms with Gasteiger partial charge in [0.05, 0.1) is 11.0 Å². The largest absolute Gasteiger partial charge is 0.436 e. The third kappa shape index (κ3) is 4.10. The SMILES string of the molecule is c1cc(-c2cccc3ccccc23)cc(-n2c3ccc(-c4nc5ccccc5o4)cc3c3cc(-c4nc5ccccc5o4)ccc32)c1. The minimum atomic E-state index is 0.599. The van der Waals surface area contributed by atoms with Crippen LogP contribution in [0, 0.1) is 0 Å². The number of hydrogen-bond donors (Lipinski definition) is 0. The van der Waals surface area contributed by atoms with Gasteiger partial charge in [-0.25, -0.2) is 9.97 Å². The summed E-state index contributed by atoms with van der Waals surface area (Å²) >= 11 is 0. The third-order valence-corrected chi connectivity index (χ3v) is 9.05. The van der Waals surface area contributed by atoms with Gasteiger partial charge in [0, 0.05) is 27.6 Å². The quantitative estimate of drug-likeness (QED) is 0.201. The summed E-state index contributed by atoms with van der Waals surface area (Å²) in [6, 6.07) is 52.5. The highest BCUT2D eigenvalue weighted by molar-refractivity contribution is 6.11. The summed E-state index contributed by atoms with van der Waals surface area (Å²) in [7, 11) is 0. The van der Waals surface area contributed by atoms with E-state index in [4.69, 9.17) is 18.8 Å². The van der Waals surface area contributed by atoms with Crippen LogP contribution in [-0.4, -0.2) is 14.5 Å². The zero-order valence-electron chi connectivity index (χ0n) is 25.1. The minimum Gasteiger partial charge on any atom is -0.436 e. The molecule has 3 aromatic heterocycles. The van der Waals surface area contributed by atoms with Gasteiger partial charge >= 0.3 is 0 Å². The van der Waals surface area contributed by atoms with E-state index >= 15 is 0 Å². The molecule has 0 amide bonds. The lowest BCUT2D eigenvalue weighted by atomic mass is 9.98. The Bertz CT molecular complexity index is 2620. The van der Waals surface area contributed by atoms with Crippen molar-refractivity contribution < 1.29 is 8.83 Å². The molecule has 0 aliphatic carbocycles. The van der Waals surface area contributed by atoms with Crippen LogP contribution in [0.2, 0.25) is 0 Å². The van der Waals surface area contributed by atoms with Gasteiger partial charge < -0.3 is 13.4 Å². The van der Waals surface area contributed by atoms with E-state index in [2.05, 4.69) is 108 Å². The van der Waals surface area contributed by atoms with Crippen LogP contribution in [0.3, 0.4) is 0 Å². The molecular formula is C42H25N3O2. The molecule has 10 rings (SSSR count). The zero-order chi connectivity index (χ0) is 30.9. The Balaban J connectivity index is 1.21. The predicted octanol–water partition coefficient (Wildman–Crippen LogP) is 11.2. The van der Waals surface area contributed by atoms with Gasteiger partial charge in [-0.2, -0.15) is 0 Å². The molecule has 220 valence electrons. The Morgan fingerprint density at radius 3 is 1.66 bits per heavy atom. The monoisotopic (exact) mass is 603 g/mol. The average molecular weight is 604 g/mol. The number of oxazole rings is 2. The van der Waals surface area contributed by atoms with E-state index in [1.165, 1.54) is 21.9 Å². The second kappa shape index (κ2) is 10.0. The van der Waals surface area contributed by atoms with E-state index in [1.807, 2.05) is 48.5 Å². The van der Waals surface area contributed by atoms with Crippen molar-refractivity contribution in [2.75, 3.05) is 0 Å². The van der Waals surface area contributed by atoms with Crippen molar-refractivity contribution in [3.63, 3.8) is 0 Å². The fourth-order valence-corrected chi connectivity index (χ4v) is 6.85. The smallest absolute Gasteiger partial charge is 0.227 e. The Hall–Kier alpha value is -6.46. The van der Waals surface area contributed by atoms with Crippen molar-refractivity contribution in [1.29, 1.82) is 0 Å². The maximum Gasteiger partial charge on any atom is 0.227 e. The Morgan fingerprint density at radius 2 is 1.00 bits per heavy atom. The molecule has 5 nitrogen and oxygen atoms in total. The molecule has 0 aliphatic rings. The first-order valence-corrected chi connectivity index (χ1v) is 15.7. The van der Waals surface area contributed by atoms with Crippen LogP contribution in [0.5, 0.6) is 0 Å². The van der Waals surface area contributed by atoms with Gasteiger partial charge in [0.25, 0.3) is 0 Å². The maximum absolute atomic E-state index is 6.19. The van der Waals surface area contributed by atoms with Crippen LogP contribution in [0.15, 0.2) is 160 Å². The standard InChI is InChI=1S/C42H25N3O2/c1-2-13-31-26(9-1)10-8-14-32(31)27-11-7-12-30(23-27)45-37-21-19-28(41-43-35-15-3-5-17-39(35)46-41)24-33(37)34-25-29(20-22-38(34)45)42-44-36-16-4-6-18-40(36)47-42/h1-25H. The van der Waals surface area contributed by atoms with E-state index in [0.717, 1.165) is 60.8 Å². The number of hydrogen-bond acceptors (Lipinski definition) is 4. The summed E-state index contributed by atoms with van der Waals surface area (Å²) in [6.07, 6.45) is 0. The van der Waals surface area contributed by atoms with Crippen LogP contribution >= 0.6 is 0 Å². The Morgan fingerprint density at radius 1 is 0.426 bits per heavy atom. The number of para-hydroxylation sites is 4. The summed E-state index contributed by atoms with van der Waals surface area (Å²) in [4.78, 5) is 9.59. The van der Waals surface area contributed by atoms with E-state index < -0.39 is 0 Å². The first-order valence-electron chi connectivity index (χ1n) is 15.7. The van der Waals surface area contributed by atoms with Crippen LogP contribution in [0.25, 0.3) is 94.5 Å². The van der Waals surface area contributed by atoms with Crippen LogP contribution in [-0.2, 0) is 0 Å². The highest BCUT2D eigenvalue weighted by Gasteiger charge is 2.18. The van der Waals surface area contributed by atoms with Crippen molar-refractivity contribution in [2.24, 2.45) is 0 Å². The second-order valence-corrected chi connectivity index (χ2v) is 11.8. The lowest BCUT2D eigenvalue weighted by Gasteiger charge is -2.12. The molecule has 0 radical (unpaired) electrons. The summed E-state index contributed by atoms with van der Waals surface area (Å²) in [5, 5.41) is 4.65. The van der Waals surface area contributed by atoms with Crippen molar-refractivity contribution in [3.05, 3.63) is 152 Å². The van der Waals surface area contributed by atoms with E-state index in [-0.39, 0.29) is 0 Å². The molecule has 0 saturated heterocycles. The van der Waals surface area contributed by atoms with E-state index in [0.29, 0.717) is 11.8 Å². The first kappa shape index (κ1) is 25.8. The molecule has 0 N–H and O–H groups in total. The van der Waals surface area contributed by atoms with Gasteiger partial charge in [0.15, 0.2) is 11.2 Å². The van der Waals surface area contributed by atoms with Gasteiger partial charge in [-0.05, 0) is 94.7 Å². The fraction of sp³-hybridized carbons (Fsp3) is 0. The third-order valence-electron chi connectivity index (χ3n) is 9.05. The molecule has 0 aliphatic heterocycles. The Labute approximate surface area is 269 Å². The fourth-order valence-electron chi connectivity index (χ4n) is 6.85. The molecule has 0 spiro atoms. The van der Waals surface area contributed by atoms with E-state index in [1.54, 1.807) is 0 Å². The highest BCUT2D eigenvalue weighted by Crippen LogP contribution is 2.39. The number of benzene rings is 7. The predicted molar refractivity (Wildman–Crippen MR) is 190 cm³/mol. The number of aromatic nitrogens is 3. The van der Waals surface area contributed by atoms with Gasteiger partial charge in [-0.3, -0.25) is 0 Å². The minimum absolute atomic E-state index is 0.599. The molecule has 0 atom stereocenters. The van der Waals surface area contributed by atoms with E-state index in [9.17, 15) is 0 Å². The van der Waals surface area contributed by atoms with Crippen LogP contribution < -0.4 is 0 Å². The molecule has 0 unspecified atom stereocenters. The first-order chi connectivity index (χ1) is 23.3. The number of fused-ring (bicyclic) bond motifs is 6.